The summed E-state index contributed by atoms with van der Waals surface area (Å²) in [7, 11) is 0. The van der Waals surface area contributed by atoms with E-state index in [-0.39, 0.29) is 6.04 Å². The summed E-state index contributed by atoms with van der Waals surface area (Å²) in [4.78, 5) is 4.08. The smallest absolute Gasteiger partial charge is 0.228 e. The monoisotopic (exact) mass is 316 g/mol. The van der Waals surface area contributed by atoms with Crippen LogP contribution in [0.2, 0.25) is 0 Å². The zero-order chi connectivity index (χ0) is 13.4. The first-order valence-corrected chi connectivity index (χ1v) is 6.32. The molecule has 7 heteroatoms. The first-order valence-electron chi connectivity index (χ1n) is 5.53. The number of nitrogens with one attached hydrogen (secondary N) is 1. The summed E-state index contributed by atoms with van der Waals surface area (Å²) in [6.07, 6.45) is 1.40. The van der Waals surface area contributed by atoms with Crippen molar-refractivity contribution in [2.75, 3.05) is 5.32 Å². The molecule has 2 aromatic rings. The third-order valence-electron chi connectivity index (χ3n) is 2.95. The van der Waals surface area contributed by atoms with Gasteiger partial charge in [0.1, 0.15) is 18.2 Å². The van der Waals surface area contributed by atoms with E-state index >= 15 is 0 Å². The van der Waals surface area contributed by atoms with Gasteiger partial charge in [-0.2, -0.15) is 20.0 Å². The quantitative estimate of drug-likeness (QED) is 0.837. The van der Waals surface area contributed by atoms with Gasteiger partial charge >= 0.3 is 0 Å². The maximum atomic E-state index is 9.34. The summed E-state index contributed by atoms with van der Waals surface area (Å²) >= 11 is 3.48. The van der Waals surface area contributed by atoms with Crippen LogP contribution in [0.4, 0.5) is 5.95 Å². The molecule has 0 unspecified atom stereocenters. The number of nitrogens with two attached hydrogens (primary N) is 1. The van der Waals surface area contributed by atoms with E-state index in [4.69, 9.17) is 5.73 Å². The second-order valence-electron chi connectivity index (χ2n) is 4.01. The molecule has 1 aliphatic rings. The molecule has 0 aliphatic carbocycles. The van der Waals surface area contributed by atoms with Gasteiger partial charge in [0.05, 0.1) is 11.6 Å². The van der Waals surface area contributed by atoms with Crippen molar-refractivity contribution in [3.8, 4) is 6.07 Å². The van der Waals surface area contributed by atoms with Crippen molar-refractivity contribution in [3.05, 3.63) is 46.2 Å². The van der Waals surface area contributed by atoms with Gasteiger partial charge in [-0.3, -0.25) is 0 Å². The largest absolute Gasteiger partial charge is 0.383 e. The Morgan fingerprint density at radius 3 is 2.95 bits per heavy atom. The molecule has 94 valence electrons. The van der Waals surface area contributed by atoms with Gasteiger partial charge in [0.25, 0.3) is 0 Å². The summed E-state index contributed by atoms with van der Waals surface area (Å²) in [6, 6.07) is 9.48. The predicted octanol–water partition coefficient (Wildman–Crippen LogP) is 1.86. The van der Waals surface area contributed by atoms with E-state index in [0.717, 1.165) is 10.0 Å². The molecule has 0 saturated heterocycles. The zero-order valence-corrected chi connectivity index (χ0v) is 11.3. The van der Waals surface area contributed by atoms with Gasteiger partial charge in [-0.1, -0.05) is 34.1 Å². The molecule has 3 rings (SSSR count). The number of hydrogen-bond donors (Lipinski definition) is 2. The molecule has 0 spiro atoms. The molecular formula is C12H9BrN6. The Hall–Kier alpha value is -2.33. The number of benzene rings is 1. The van der Waals surface area contributed by atoms with Crippen molar-refractivity contribution < 1.29 is 0 Å². The fraction of sp³-hybridized carbons (Fsp3) is 0.0833. The van der Waals surface area contributed by atoms with Crippen LogP contribution in [0.5, 0.6) is 0 Å². The predicted molar refractivity (Wildman–Crippen MR) is 73.5 cm³/mol. The lowest BCUT2D eigenvalue weighted by atomic mass is 9.98. The van der Waals surface area contributed by atoms with Crippen LogP contribution in [0.15, 0.2) is 40.6 Å². The second kappa shape index (κ2) is 4.40. The molecule has 0 amide bonds. The van der Waals surface area contributed by atoms with Crippen molar-refractivity contribution in [2.24, 2.45) is 5.73 Å². The maximum Gasteiger partial charge on any atom is 0.228 e. The van der Waals surface area contributed by atoms with Gasteiger partial charge in [-0.15, -0.1) is 0 Å². The summed E-state index contributed by atoms with van der Waals surface area (Å²) < 4.78 is 2.33. The average molecular weight is 317 g/mol. The Bertz CT molecular complexity index is 711. The minimum absolute atomic E-state index is 0.300. The van der Waals surface area contributed by atoms with E-state index in [1.54, 1.807) is 0 Å². The Morgan fingerprint density at radius 2 is 2.21 bits per heavy atom. The van der Waals surface area contributed by atoms with Crippen LogP contribution >= 0.6 is 15.9 Å². The van der Waals surface area contributed by atoms with Gasteiger partial charge in [-0.25, -0.2) is 0 Å². The highest BCUT2D eigenvalue weighted by atomic mass is 79.9. The fourth-order valence-corrected chi connectivity index (χ4v) is 2.56. The Kier molecular flexibility index (Phi) is 2.72. The number of aromatic nitrogens is 3. The Morgan fingerprint density at radius 1 is 1.42 bits per heavy atom. The van der Waals surface area contributed by atoms with Crippen LogP contribution in [0.25, 0.3) is 5.82 Å². The van der Waals surface area contributed by atoms with Gasteiger partial charge < -0.3 is 11.1 Å². The van der Waals surface area contributed by atoms with Gasteiger partial charge in [0, 0.05) is 4.47 Å². The highest BCUT2D eigenvalue weighted by Crippen LogP contribution is 2.35. The average Bonchev–Trinajstić information content (AvgIpc) is 2.88. The van der Waals surface area contributed by atoms with E-state index in [9.17, 15) is 5.26 Å². The molecule has 0 saturated carbocycles. The first-order chi connectivity index (χ1) is 9.22. The number of nitriles is 1. The number of anilines is 1. The maximum absolute atomic E-state index is 9.34. The molecule has 19 heavy (non-hydrogen) atoms. The summed E-state index contributed by atoms with van der Waals surface area (Å²) in [5, 5.41) is 16.5. The third-order valence-corrected chi connectivity index (χ3v) is 3.67. The molecule has 1 aromatic heterocycles. The molecule has 0 fully saturated rings. The SMILES string of the molecule is N#CC1=C(N)n2ncnc2N[C@@H]1c1ccccc1Br. The van der Waals surface area contributed by atoms with Crippen LogP contribution < -0.4 is 11.1 Å². The summed E-state index contributed by atoms with van der Waals surface area (Å²) in [5.41, 5.74) is 7.33. The van der Waals surface area contributed by atoms with E-state index in [0.29, 0.717) is 17.3 Å². The van der Waals surface area contributed by atoms with Crippen LogP contribution in [0.1, 0.15) is 11.6 Å². The molecule has 3 N–H and O–H groups in total. The van der Waals surface area contributed by atoms with Crippen molar-refractivity contribution in [2.45, 2.75) is 6.04 Å². The molecule has 1 aliphatic heterocycles. The molecule has 1 atom stereocenters. The van der Waals surface area contributed by atoms with Gasteiger partial charge in [-0.05, 0) is 11.6 Å². The highest BCUT2D eigenvalue weighted by Gasteiger charge is 2.29. The van der Waals surface area contributed by atoms with Crippen LogP contribution in [0, 0.1) is 11.3 Å². The lowest BCUT2D eigenvalue weighted by Crippen LogP contribution is -2.27. The van der Waals surface area contributed by atoms with Crippen molar-refractivity contribution in [1.82, 2.24) is 14.8 Å². The van der Waals surface area contributed by atoms with Gasteiger partial charge in [0.15, 0.2) is 0 Å². The third kappa shape index (κ3) is 1.77. The zero-order valence-electron chi connectivity index (χ0n) is 9.71. The van der Waals surface area contributed by atoms with E-state index in [1.807, 2.05) is 24.3 Å². The van der Waals surface area contributed by atoms with E-state index in [1.165, 1.54) is 11.0 Å². The molecule has 2 heterocycles. The Labute approximate surface area is 117 Å². The van der Waals surface area contributed by atoms with Crippen molar-refractivity contribution in [1.29, 1.82) is 5.26 Å². The minimum atomic E-state index is -0.336. The van der Waals surface area contributed by atoms with E-state index < -0.39 is 0 Å². The standard InChI is InChI=1S/C12H9BrN6/c13-9-4-2-1-3-7(9)10-8(5-14)11(15)19-12(18-10)16-6-17-19/h1-4,6,10H,15H2,(H,16,17,18)/t10-/m1/s1. The molecule has 6 nitrogen and oxygen atoms in total. The van der Waals surface area contributed by atoms with Crippen LogP contribution in [-0.4, -0.2) is 14.8 Å². The molecule has 1 aromatic carbocycles. The minimum Gasteiger partial charge on any atom is -0.383 e. The number of halogens is 1. The first kappa shape index (κ1) is 11.7. The van der Waals surface area contributed by atoms with E-state index in [2.05, 4.69) is 37.4 Å². The summed E-state index contributed by atoms with van der Waals surface area (Å²) in [6.45, 7) is 0. The fourth-order valence-electron chi connectivity index (χ4n) is 2.04. The van der Waals surface area contributed by atoms with Crippen LogP contribution in [-0.2, 0) is 0 Å². The molecule has 0 bridgehead atoms. The van der Waals surface area contributed by atoms with Gasteiger partial charge in [0.2, 0.25) is 5.95 Å². The normalized spacial score (nSPS) is 17.6. The van der Waals surface area contributed by atoms with Crippen molar-refractivity contribution >= 4 is 27.7 Å². The summed E-state index contributed by atoms with van der Waals surface area (Å²) in [5.74, 6) is 0.826. The number of nitrogens with zero attached hydrogens (tertiary/aromatic N) is 4. The molecule has 0 radical (unpaired) electrons. The lowest BCUT2D eigenvalue weighted by Gasteiger charge is -2.25. The Balaban J connectivity index is 2.17. The number of fused-ring (bicyclic) bond motifs is 1. The van der Waals surface area contributed by atoms with Crippen molar-refractivity contribution in [3.63, 3.8) is 0 Å². The highest BCUT2D eigenvalue weighted by molar-refractivity contribution is 9.10. The second-order valence-corrected chi connectivity index (χ2v) is 4.86. The topological polar surface area (TPSA) is 92.5 Å². The number of rotatable bonds is 1. The number of hydrogen-bond acceptors (Lipinski definition) is 5. The lowest BCUT2D eigenvalue weighted by molar-refractivity contribution is 0.793. The van der Waals surface area contributed by atoms with Crippen LogP contribution in [0.3, 0.4) is 0 Å². The molecular weight excluding hydrogens is 308 g/mol.